The average molecular weight is 217 g/mol. The van der Waals surface area contributed by atoms with Crippen LogP contribution in [-0.4, -0.2) is 26.2 Å². The van der Waals surface area contributed by atoms with Crippen LogP contribution in [0.4, 0.5) is 0 Å². The zero-order valence-electron chi connectivity index (χ0n) is 8.63. The Balaban J connectivity index is 1.71. The van der Waals surface area contributed by atoms with Crippen molar-refractivity contribution in [3.63, 3.8) is 0 Å². The second-order valence-corrected chi connectivity index (χ2v) is 3.74. The Morgan fingerprint density at radius 1 is 1.25 bits per heavy atom. The van der Waals surface area contributed by atoms with Crippen LogP contribution in [0.3, 0.4) is 0 Å². The summed E-state index contributed by atoms with van der Waals surface area (Å²) in [6.07, 6.45) is 5.78. The summed E-state index contributed by atoms with van der Waals surface area (Å²) < 4.78 is 5.09. The van der Waals surface area contributed by atoms with Gasteiger partial charge in [-0.15, -0.1) is 0 Å². The van der Waals surface area contributed by atoms with Gasteiger partial charge in [0.2, 0.25) is 17.5 Å². The van der Waals surface area contributed by atoms with E-state index in [0.717, 1.165) is 0 Å². The van der Waals surface area contributed by atoms with Crippen LogP contribution in [-0.2, 0) is 6.54 Å². The maximum atomic E-state index is 5.09. The summed E-state index contributed by atoms with van der Waals surface area (Å²) in [5.41, 5.74) is 0. The predicted octanol–water partition coefficient (Wildman–Crippen LogP) is 0.779. The second kappa shape index (κ2) is 3.97. The highest BCUT2D eigenvalue weighted by molar-refractivity contribution is 5.40. The van der Waals surface area contributed by atoms with Crippen molar-refractivity contribution in [2.75, 3.05) is 0 Å². The standard InChI is InChI=1S/C10H11N5O/c1-4-11-9(12-5-1)10-14-8(16-15-10)6-13-7-2-3-7/h1,4-5,7,13H,2-3,6H2. The zero-order valence-corrected chi connectivity index (χ0v) is 8.63. The molecule has 0 aliphatic heterocycles. The van der Waals surface area contributed by atoms with Crippen molar-refractivity contribution in [2.45, 2.75) is 25.4 Å². The van der Waals surface area contributed by atoms with Crippen LogP contribution >= 0.6 is 0 Å². The first-order chi connectivity index (χ1) is 7.92. The predicted molar refractivity (Wildman–Crippen MR) is 55.2 cm³/mol. The molecule has 3 rings (SSSR count). The van der Waals surface area contributed by atoms with Gasteiger partial charge in [0, 0.05) is 18.4 Å². The minimum absolute atomic E-state index is 0.438. The molecule has 0 bridgehead atoms. The first-order valence-electron chi connectivity index (χ1n) is 5.25. The van der Waals surface area contributed by atoms with E-state index in [0.29, 0.717) is 30.1 Å². The molecule has 1 aliphatic rings. The number of aromatic nitrogens is 4. The molecule has 0 radical (unpaired) electrons. The van der Waals surface area contributed by atoms with Crippen LogP contribution in [0, 0.1) is 0 Å². The van der Waals surface area contributed by atoms with E-state index in [1.807, 2.05) is 0 Å². The number of rotatable bonds is 4. The van der Waals surface area contributed by atoms with Gasteiger partial charge in [-0.3, -0.25) is 0 Å². The molecule has 2 aromatic rings. The summed E-state index contributed by atoms with van der Waals surface area (Å²) in [6.45, 7) is 0.616. The fourth-order valence-electron chi connectivity index (χ4n) is 1.35. The van der Waals surface area contributed by atoms with Gasteiger partial charge < -0.3 is 9.84 Å². The lowest BCUT2D eigenvalue weighted by molar-refractivity contribution is 0.367. The highest BCUT2D eigenvalue weighted by Gasteiger charge is 2.21. The minimum Gasteiger partial charge on any atom is -0.337 e. The van der Waals surface area contributed by atoms with Gasteiger partial charge in [-0.25, -0.2) is 9.97 Å². The van der Waals surface area contributed by atoms with Crippen LogP contribution in [0.1, 0.15) is 18.7 Å². The number of hydrogen-bond donors (Lipinski definition) is 1. The highest BCUT2D eigenvalue weighted by Crippen LogP contribution is 2.19. The lowest BCUT2D eigenvalue weighted by Gasteiger charge is -1.94. The van der Waals surface area contributed by atoms with Crippen LogP contribution < -0.4 is 5.32 Å². The number of hydrogen-bond acceptors (Lipinski definition) is 6. The Kier molecular flexibility index (Phi) is 2.34. The van der Waals surface area contributed by atoms with Crippen LogP contribution in [0.25, 0.3) is 11.6 Å². The molecule has 0 saturated heterocycles. The van der Waals surface area contributed by atoms with E-state index in [2.05, 4.69) is 25.4 Å². The molecule has 0 aromatic carbocycles. The highest BCUT2D eigenvalue weighted by atomic mass is 16.5. The molecule has 16 heavy (non-hydrogen) atoms. The Hall–Kier alpha value is -1.82. The van der Waals surface area contributed by atoms with Crippen LogP contribution in [0.15, 0.2) is 23.0 Å². The lowest BCUT2D eigenvalue weighted by Crippen LogP contribution is -2.15. The van der Waals surface area contributed by atoms with Gasteiger partial charge in [-0.1, -0.05) is 5.16 Å². The Labute approximate surface area is 92.1 Å². The number of nitrogens with one attached hydrogen (secondary N) is 1. The van der Waals surface area contributed by atoms with Crippen molar-refractivity contribution in [1.82, 2.24) is 25.4 Å². The molecule has 2 aromatic heterocycles. The quantitative estimate of drug-likeness (QED) is 0.815. The average Bonchev–Trinajstić information content (AvgIpc) is 3.05. The Morgan fingerprint density at radius 2 is 2.06 bits per heavy atom. The molecule has 1 saturated carbocycles. The number of nitrogens with zero attached hydrogens (tertiary/aromatic N) is 4. The molecule has 0 atom stereocenters. The van der Waals surface area contributed by atoms with E-state index >= 15 is 0 Å². The molecular formula is C10H11N5O. The molecule has 1 fully saturated rings. The van der Waals surface area contributed by atoms with E-state index < -0.39 is 0 Å². The summed E-state index contributed by atoms with van der Waals surface area (Å²) in [5.74, 6) is 1.51. The molecule has 6 heteroatoms. The van der Waals surface area contributed by atoms with Crippen LogP contribution in [0.2, 0.25) is 0 Å². The molecular weight excluding hydrogens is 206 g/mol. The summed E-state index contributed by atoms with van der Waals surface area (Å²) >= 11 is 0. The van der Waals surface area contributed by atoms with Gasteiger partial charge in [0.1, 0.15) is 0 Å². The monoisotopic (exact) mass is 217 g/mol. The summed E-state index contributed by atoms with van der Waals surface area (Å²) in [7, 11) is 0. The van der Waals surface area contributed by atoms with Gasteiger partial charge in [0.25, 0.3) is 0 Å². The SMILES string of the molecule is c1cnc(-c2noc(CNC3CC3)n2)nc1. The topological polar surface area (TPSA) is 76.7 Å². The smallest absolute Gasteiger partial charge is 0.241 e. The van der Waals surface area contributed by atoms with E-state index in [1.54, 1.807) is 18.5 Å². The van der Waals surface area contributed by atoms with Gasteiger partial charge >= 0.3 is 0 Å². The van der Waals surface area contributed by atoms with Crippen LogP contribution in [0.5, 0.6) is 0 Å². The molecule has 0 amide bonds. The molecule has 1 aliphatic carbocycles. The first kappa shape index (κ1) is 9.41. The van der Waals surface area contributed by atoms with Crippen molar-refractivity contribution in [3.05, 3.63) is 24.4 Å². The van der Waals surface area contributed by atoms with Gasteiger partial charge in [0.15, 0.2) is 0 Å². The Morgan fingerprint density at radius 3 is 2.81 bits per heavy atom. The van der Waals surface area contributed by atoms with E-state index in [4.69, 9.17) is 4.52 Å². The Bertz CT molecular complexity index is 465. The fourth-order valence-corrected chi connectivity index (χ4v) is 1.35. The third kappa shape index (κ3) is 2.06. The largest absolute Gasteiger partial charge is 0.337 e. The van der Waals surface area contributed by atoms with Crippen molar-refractivity contribution < 1.29 is 4.52 Å². The summed E-state index contributed by atoms with van der Waals surface area (Å²) in [5, 5.41) is 7.13. The normalized spacial score (nSPS) is 15.2. The van der Waals surface area contributed by atoms with Crippen molar-refractivity contribution >= 4 is 0 Å². The zero-order chi connectivity index (χ0) is 10.8. The van der Waals surface area contributed by atoms with Gasteiger partial charge in [0.05, 0.1) is 6.54 Å². The fraction of sp³-hybridized carbons (Fsp3) is 0.400. The molecule has 0 spiro atoms. The molecule has 6 nitrogen and oxygen atoms in total. The van der Waals surface area contributed by atoms with Gasteiger partial charge in [-0.05, 0) is 18.9 Å². The summed E-state index contributed by atoms with van der Waals surface area (Å²) in [4.78, 5) is 12.3. The van der Waals surface area contributed by atoms with Crippen molar-refractivity contribution in [3.8, 4) is 11.6 Å². The third-order valence-corrected chi connectivity index (χ3v) is 2.35. The minimum atomic E-state index is 0.438. The molecule has 1 N–H and O–H groups in total. The lowest BCUT2D eigenvalue weighted by atomic mass is 10.5. The third-order valence-electron chi connectivity index (χ3n) is 2.35. The van der Waals surface area contributed by atoms with E-state index in [-0.39, 0.29) is 0 Å². The molecule has 0 unspecified atom stereocenters. The second-order valence-electron chi connectivity index (χ2n) is 3.74. The van der Waals surface area contributed by atoms with Gasteiger partial charge in [-0.2, -0.15) is 4.98 Å². The summed E-state index contributed by atoms with van der Waals surface area (Å²) in [6, 6.07) is 2.38. The first-order valence-corrected chi connectivity index (χ1v) is 5.25. The van der Waals surface area contributed by atoms with E-state index in [9.17, 15) is 0 Å². The van der Waals surface area contributed by atoms with E-state index in [1.165, 1.54) is 12.8 Å². The molecule has 2 heterocycles. The van der Waals surface area contributed by atoms with Crippen molar-refractivity contribution in [2.24, 2.45) is 0 Å². The van der Waals surface area contributed by atoms with Crippen molar-refractivity contribution in [1.29, 1.82) is 0 Å². The maximum Gasteiger partial charge on any atom is 0.241 e. The molecule has 82 valence electrons. The maximum absolute atomic E-state index is 5.09.